The summed E-state index contributed by atoms with van der Waals surface area (Å²) in [7, 11) is 0. The molecule has 0 unspecified atom stereocenters. The zero-order valence-electron chi connectivity index (χ0n) is 15.8. The molecule has 3 rings (SSSR count). The third-order valence-electron chi connectivity index (χ3n) is 4.00. The number of benzene rings is 2. The predicted molar refractivity (Wildman–Crippen MR) is 105 cm³/mol. The lowest BCUT2D eigenvalue weighted by Gasteiger charge is -2.13. The number of amides is 1. The number of aromatic nitrogens is 2. The van der Waals surface area contributed by atoms with Crippen LogP contribution in [0.1, 0.15) is 54.4 Å². The molecule has 0 aliphatic heterocycles. The van der Waals surface area contributed by atoms with Gasteiger partial charge in [0.2, 0.25) is 5.89 Å². The predicted octanol–water partition coefficient (Wildman–Crippen LogP) is 3.97. The number of nitrogens with zero attached hydrogens (tertiary/aromatic N) is 2. The molecule has 0 bridgehead atoms. The van der Waals surface area contributed by atoms with Crippen molar-refractivity contribution < 1.29 is 9.32 Å². The Morgan fingerprint density at radius 3 is 2.59 bits per heavy atom. The van der Waals surface area contributed by atoms with E-state index in [0.29, 0.717) is 29.7 Å². The Morgan fingerprint density at radius 2 is 1.85 bits per heavy atom. The van der Waals surface area contributed by atoms with Gasteiger partial charge in [-0.3, -0.25) is 4.79 Å². The summed E-state index contributed by atoms with van der Waals surface area (Å²) in [5, 5.41) is 10.2. The van der Waals surface area contributed by atoms with Gasteiger partial charge in [-0.2, -0.15) is 4.98 Å². The average Bonchev–Trinajstić information content (AvgIpc) is 3.11. The van der Waals surface area contributed by atoms with Crippen LogP contribution in [-0.4, -0.2) is 22.1 Å². The zero-order valence-corrected chi connectivity index (χ0v) is 15.8. The van der Waals surface area contributed by atoms with Gasteiger partial charge in [-0.15, -0.1) is 0 Å². The maximum Gasteiger partial charge on any atom is 0.251 e. The van der Waals surface area contributed by atoms with E-state index in [1.54, 1.807) is 6.07 Å². The number of nitrogens with one attached hydrogen (secondary N) is 2. The Kier molecular flexibility index (Phi) is 5.86. The summed E-state index contributed by atoms with van der Waals surface area (Å²) < 4.78 is 5.32. The average molecular weight is 364 g/mol. The van der Waals surface area contributed by atoms with E-state index in [0.717, 1.165) is 11.3 Å². The standard InChI is InChI=1S/C21H24N4O2/c1-14(2)22-18-11-7-10-17(13-18)21(26)23-15(3)20-24-19(27-25-20)12-16-8-5-4-6-9-16/h4-11,13-15,22H,12H2,1-3H3,(H,23,26)/t15-/m1/s1. The van der Waals surface area contributed by atoms with Crippen molar-refractivity contribution in [1.29, 1.82) is 0 Å². The first-order valence-electron chi connectivity index (χ1n) is 9.05. The molecule has 0 aliphatic carbocycles. The number of hydrogen-bond acceptors (Lipinski definition) is 5. The van der Waals surface area contributed by atoms with E-state index in [1.807, 2.05) is 55.5 Å². The summed E-state index contributed by atoms with van der Waals surface area (Å²) in [6, 6.07) is 17.3. The van der Waals surface area contributed by atoms with Crippen molar-refractivity contribution in [2.24, 2.45) is 0 Å². The van der Waals surface area contributed by atoms with Gasteiger partial charge in [-0.05, 0) is 44.5 Å². The van der Waals surface area contributed by atoms with Crippen molar-refractivity contribution in [2.75, 3.05) is 5.32 Å². The molecule has 27 heavy (non-hydrogen) atoms. The molecule has 140 valence electrons. The van der Waals surface area contributed by atoms with E-state index < -0.39 is 0 Å². The molecule has 1 amide bonds. The number of carbonyl (C=O) groups is 1. The van der Waals surface area contributed by atoms with Crippen LogP contribution in [0.3, 0.4) is 0 Å². The van der Waals surface area contributed by atoms with Crippen molar-refractivity contribution in [2.45, 2.75) is 39.3 Å². The van der Waals surface area contributed by atoms with E-state index in [1.165, 1.54) is 0 Å². The summed E-state index contributed by atoms with van der Waals surface area (Å²) in [6.07, 6.45) is 0.567. The second-order valence-corrected chi connectivity index (χ2v) is 6.78. The Bertz CT molecular complexity index is 890. The van der Waals surface area contributed by atoms with Gasteiger partial charge in [0, 0.05) is 17.3 Å². The van der Waals surface area contributed by atoms with Crippen LogP contribution in [0.5, 0.6) is 0 Å². The lowest BCUT2D eigenvalue weighted by Crippen LogP contribution is -2.27. The van der Waals surface area contributed by atoms with Gasteiger partial charge in [0.1, 0.15) is 0 Å². The fourth-order valence-corrected chi connectivity index (χ4v) is 2.71. The molecule has 6 heteroatoms. The van der Waals surface area contributed by atoms with Crippen LogP contribution in [0.15, 0.2) is 59.1 Å². The Balaban J connectivity index is 1.63. The molecule has 1 aromatic heterocycles. The van der Waals surface area contributed by atoms with Gasteiger partial charge < -0.3 is 15.2 Å². The molecule has 0 radical (unpaired) electrons. The first kappa shape index (κ1) is 18.6. The van der Waals surface area contributed by atoms with Gasteiger partial charge in [0.15, 0.2) is 5.82 Å². The monoisotopic (exact) mass is 364 g/mol. The normalized spacial score (nSPS) is 12.0. The molecule has 0 saturated heterocycles. The third kappa shape index (κ3) is 5.17. The Hall–Kier alpha value is -3.15. The highest BCUT2D eigenvalue weighted by Gasteiger charge is 2.17. The largest absolute Gasteiger partial charge is 0.383 e. The molecule has 0 aliphatic rings. The molecule has 3 aromatic rings. The van der Waals surface area contributed by atoms with E-state index in [9.17, 15) is 4.79 Å². The second kappa shape index (κ2) is 8.49. The molecule has 0 spiro atoms. The number of anilines is 1. The van der Waals surface area contributed by atoms with Gasteiger partial charge in [0.25, 0.3) is 5.91 Å². The zero-order chi connectivity index (χ0) is 19.2. The van der Waals surface area contributed by atoms with Crippen LogP contribution in [0.2, 0.25) is 0 Å². The van der Waals surface area contributed by atoms with E-state index in [-0.39, 0.29) is 11.9 Å². The van der Waals surface area contributed by atoms with Crippen LogP contribution in [0, 0.1) is 0 Å². The minimum Gasteiger partial charge on any atom is -0.383 e. The van der Waals surface area contributed by atoms with Crippen LogP contribution in [-0.2, 0) is 6.42 Å². The topological polar surface area (TPSA) is 80.0 Å². The highest BCUT2D eigenvalue weighted by Crippen LogP contribution is 2.15. The first-order chi connectivity index (χ1) is 13.0. The summed E-state index contributed by atoms with van der Waals surface area (Å²) in [6.45, 7) is 5.95. The highest BCUT2D eigenvalue weighted by atomic mass is 16.5. The number of carbonyl (C=O) groups excluding carboxylic acids is 1. The van der Waals surface area contributed by atoms with Gasteiger partial charge >= 0.3 is 0 Å². The van der Waals surface area contributed by atoms with Gasteiger partial charge in [0.05, 0.1) is 12.5 Å². The molecule has 0 fully saturated rings. The number of rotatable bonds is 7. The second-order valence-electron chi connectivity index (χ2n) is 6.78. The summed E-state index contributed by atoms with van der Waals surface area (Å²) >= 11 is 0. The highest BCUT2D eigenvalue weighted by molar-refractivity contribution is 5.95. The van der Waals surface area contributed by atoms with Crippen molar-refractivity contribution in [1.82, 2.24) is 15.5 Å². The summed E-state index contributed by atoms with van der Waals surface area (Å²) in [5.74, 6) is 0.815. The number of hydrogen-bond donors (Lipinski definition) is 2. The summed E-state index contributed by atoms with van der Waals surface area (Å²) in [4.78, 5) is 16.9. The van der Waals surface area contributed by atoms with E-state index in [4.69, 9.17) is 4.52 Å². The van der Waals surface area contributed by atoms with E-state index in [2.05, 4.69) is 34.6 Å². The quantitative estimate of drug-likeness (QED) is 0.663. The first-order valence-corrected chi connectivity index (χ1v) is 9.05. The molecule has 2 N–H and O–H groups in total. The smallest absolute Gasteiger partial charge is 0.251 e. The molecule has 2 aromatic carbocycles. The van der Waals surface area contributed by atoms with Crippen molar-refractivity contribution >= 4 is 11.6 Å². The van der Waals surface area contributed by atoms with Crippen LogP contribution in [0.4, 0.5) is 5.69 Å². The minimum absolute atomic E-state index is 0.177. The van der Waals surface area contributed by atoms with Crippen molar-refractivity contribution in [3.05, 3.63) is 77.4 Å². The van der Waals surface area contributed by atoms with Crippen molar-refractivity contribution in [3.8, 4) is 0 Å². The molecular weight excluding hydrogens is 340 g/mol. The fraction of sp³-hybridized carbons (Fsp3) is 0.286. The minimum atomic E-state index is -0.354. The van der Waals surface area contributed by atoms with Crippen LogP contribution < -0.4 is 10.6 Å². The van der Waals surface area contributed by atoms with Gasteiger partial charge in [-0.1, -0.05) is 41.6 Å². The molecule has 6 nitrogen and oxygen atoms in total. The molecule has 1 heterocycles. The maximum atomic E-state index is 12.5. The van der Waals surface area contributed by atoms with Crippen LogP contribution >= 0.6 is 0 Å². The fourth-order valence-electron chi connectivity index (χ4n) is 2.71. The molecular formula is C21H24N4O2. The Labute approximate surface area is 159 Å². The lowest BCUT2D eigenvalue weighted by atomic mass is 10.1. The Morgan fingerprint density at radius 1 is 1.07 bits per heavy atom. The SMILES string of the molecule is CC(C)Nc1cccc(C(=O)N[C@H](C)c2noc(Cc3ccccc3)n2)c1. The third-order valence-corrected chi connectivity index (χ3v) is 4.00. The lowest BCUT2D eigenvalue weighted by molar-refractivity contribution is 0.0938. The molecule has 0 saturated carbocycles. The van der Waals surface area contributed by atoms with Crippen molar-refractivity contribution in [3.63, 3.8) is 0 Å². The maximum absolute atomic E-state index is 12.5. The van der Waals surface area contributed by atoms with E-state index >= 15 is 0 Å². The van der Waals surface area contributed by atoms with Gasteiger partial charge in [-0.25, -0.2) is 0 Å². The van der Waals surface area contributed by atoms with Crippen LogP contribution in [0.25, 0.3) is 0 Å². The summed E-state index contributed by atoms with van der Waals surface area (Å²) in [5.41, 5.74) is 2.59. The molecule has 1 atom stereocenters.